The number of nitro groups is 2. The van der Waals surface area contributed by atoms with Gasteiger partial charge in [0, 0.05) is 0 Å². The zero-order valence-corrected chi connectivity index (χ0v) is 8.43. The summed E-state index contributed by atoms with van der Waals surface area (Å²) in [5.41, 5.74) is -2.06. The molecule has 1 radical (unpaired) electrons. The van der Waals surface area contributed by atoms with Crippen LogP contribution in [0.1, 0.15) is 39.5 Å². The number of nitrogens with zero attached hydrogens (tertiary/aromatic N) is 2. The zero-order valence-electron chi connectivity index (χ0n) is 8.43. The maximum atomic E-state index is 10.5. The minimum absolute atomic E-state index is 0.118. The highest BCUT2D eigenvalue weighted by molar-refractivity contribution is 4.73. The molecule has 0 N–H and O–H groups in total. The molecule has 0 rings (SSSR count). The first-order valence-corrected chi connectivity index (χ1v) is 4.55. The van der Waals surface area contributed by atoms with Gasteiger partial charge in [-0.25, -0.2) is 0 Å². The van der Waals surface area contributed by atoms with Crippen LogP contribution < -0.4 is 0 Å². The lowest BCUT2D eigenvalue weighted by molar-refractivity contribution is -0.791. The van der Waals surface area contributed by atoms with Crippen LogP contribution in [0, 0.1) is 26.6 Å². The molecule has 81 valence electrons. The summed E-state index contributed by atoms with van der Waals surface area (Å²) in [5, 5.41) is 20.9. The van der Waals surface area contributed by atoms with Crippen molar-refractivity contribution in [2.75, 3.05) is 0 Å². The topological polar surface area (TPSA) is 86.3 Å². The molecule has 0 aliphatic rings. The average Bonchev–Trinajstić information content (AvgIpc) is 2.11. The van der Waals surface area contributed by atoms with Crippen molar-refractivity contribution in [3.8, 4) is 0 Å². The molecule has 6 heteroatoms. The monoisotopic (exact) mass is 203 g/mol. The molecule has 0 spiro atoms. The van der Waals surface area contributed by atoms with E-state index in [-0.39, 0.29) is 6.42 Å². The summed E-state index contributed by atoms with van der Waals surface area (Å²) in [4.78, 5) is 19.3. The summed E-state index contributed by atoms with van der Waals surface area (Å²) in [5.74, 6) is 0. The predicted molar refractivity (Wildman–Crippen MR) is 50.8 cm³/mol. The van der Waals surface area contributed by atoms with E-state index < -0.39 is 15.5 Å². The van der Waals surface area contributed by atoms with Crippen molar-refractivity contribution in [2.24, 2.45) is 0 Å². The van der Waals surface area contributed by atoms with E-state index in [9.17, 15) is 20.2 Å². The molecule has 0 heterocycles. The molecule has 0 aromatic rings. The highest BCUT2D eigenvalue weighted by Crippen LogP contribution is 2.18. The van der Waals surface area contributed by atoms with E-state index in [0.29, 0.717) is 6.42 Å². The van der Waals surface area contributed by atoms with E-state index in [1.165, 1.54) is 0 Å². The molecule has 0 aromatic carbocycles. The smallest absolute Gasteiger partial charge is 0.258 e. The fourth-order valence-corrected chi connectivity index (χ4v) is 0.940. The van der Waals surface area contributed by atoms with E-state index in [0.717, 1.165) is 19.8 Å². The third kappa shape index (κ3) is 3.27. The molecule has 0 aliphatic carbocycles. The standard InChI is InChI=1S/C8H15N2O4/c1-3-4-5-6-7-8(2,9(11)12)10(13)14/h6H,3-5,7H2,1-2H3. The van der Waals surface area contributed by atoms with Gasteiger partial charge in [0.15, 0.2) is 0 Å². The van der Waals surface area contributed by atoms with Crippen LogP contribution in [0.15, 0.2) is 0 Å². The average molecular weight is 203 g/mol. The van der Waals surface area contributed by atoms with Gasteiger partial charge in [0.1, 0.15) is 0 Å². The van der Waals surface area contributed by atoms with Crippen molar-refractivity contribution in [2.45, 2.75) is 45.2 Å². The normalized spacial score (nSPS) is 11.3. The van der Waals surface area contributed by atoms with Crippen LogP contribution in [0.5, 0.6) is 0 Å². The molecular weight excluding hydrogens is 188 g/mol. The summed E-state index contributed by atoms with van der Waals surface area (Å²) in [6.45, 7) is 3.03. The first-order chi connectivity index (χ1) is 6.45. The summed E-state index contributed by atoms with van der Waals surface area (Å²) in [7, 11) is 0. The zero-order chi connectivity index (χ0) is 11.2. The summed E-state index contributed by atoms with van der Waals surface area (Å²) in [6, 6.07) is 0. The molecule has 0 unspecified atom stereocenters. The van der Waals surface area contributed by atoms with Gasteiger partial charge in [-0.15, -0.1) is 0 Å². The van der Waals surface area contributed by atoms with Crippen LogP contribution in [0.4, 0.5) is 0 Å². The van der Waals surface area contributed by atoms with Crippen molar-refractivity contribution in [1.82, 2.24) is 0 Å². The molecule has 0 aliphatic heterocycles. The van der Waals surface area contributed by atoms with Crippen LogP contribution in [0.2, 0.25) is 0 Å². The fraction of sp³-hybridized carbons (Fsp3) is 0.875. The number of hydrogen-bond acceptors (Lipinski definition) is 4. The molecule has 0 amide bonds. The Labute approximate surface area is 82.6 Å². The fourth-order valence-electron chi connectivity index (χ4n) is 0.940. The van der Waals surface area contributed by atoms with E-state index in [4.69, 9.17) is 0 Å². The van der Waals surface area contributed by atoms with E-state index in [2.05, 4.69) is 0 Å². The molecular formula is C8H15N2O4. The second-order valence-corrected chi connectivity index (χ2v) is 3.37. The van der Waals surface area contributed by atoms with Gasteiger partial charge >= 0.3 is 5.66 Å². The van der Waals surface area contributed by atoms with Gasteiger partial charge in [0.25, 0.3) is 0 Å². The van der Waals surface area contributed by atoms with E-state index >= 15 is 0 Å². The van der Waals surface area contributed by atoms with Gasteiger partial charge in [-0.05, 0) is 12.8 Å². The highest BCUT2D eigenvalue weighted by Gasteiger charge is 2.49. The third-order valence-electron chi connectivity index (χ3n) is 2.08. The quantitative estimate of drug-likeness (QED) is 0.274. The number of rotatable bonds is 7. The Hall–Kier alpha value is -1.20. The summed E-state index contributed by atoms with van der Waals surface area (Å²) >= 11 is 0. The van der Waals surface area contributed by atoms with Gasteiger partial charge < -0.3 is 0 Å². The van der Waals surface area contributed by atoms with Gasteiger partial charge in [-0.2, -0.15) is 0 Å². The largest absolute Gasteiger partial charge is 0.456 e. The van der Waals surface area contributed by atoms with Crippen molar-refractivity contribution in [1.29, 1.82) is 0 Å². The van der Waals surface area contributed by atoms with Crippen LogP contribution in [0.25, 0.3) is 0 Å². The van der Waals surface area contributed by atoms with Crippen molar-refractivity contribution in [3.05, 3.63) is 26.6 Å². The minimum Gasteiger partial charge on any atom is -0.258 e. The molecule has 0 bridgehead atoms. The lowest BCUT2D eigenvalue weighted by Gasteiger charge is -2.11. The molecule has 0 fully saturated rings. The van der Waals surface area contributed by atoms with Gasteiger partial charge in [0.2, 0.25) is 0 Å². The van der Waals surface area contributed by atoms with Gasteiger partial charge in [0.05, 0.1) is 23.2 Å². The van der Waals surface area contributed by atoms with E-state index in [1.807, 2.05) is 6.92 Å². The Morgan fingerprint density at radius 1 is 1.29 bits per heavy atom. The minimum atomic E-state index is -2.06. The van der Waals surface area contributed by atoms with Crippen LogP contribution >= 0.6 is 0 Å². The second-order valence-electron chi connectivity index (χ2n) is 3.37. The Bertz CT molecular complexity index is 203. The molecule has 14 heavy (non-hydrogen) atoms. The molecule has 0 saturated heterocycles. The first-order valence-electron chi connectivity index (χ1n) is 4.55. The van der Waals surface area contributed by atoms with Gasteiger partial charge in [-0.1, -0.05) is 19.8 Å². The van der Waals surface area contributed by atoms with E-state index in [1.54, 1.807) is 6.42 Å². The summed E-state index contributed by atoms with van der Waals surface area (Å²) < 4.78 is 0. The van der Waals surface area contributed by atoms with Crippen molar-refractivity contribution in [3.63, 3.8) is 0 Å². The maximum Gasteiger partial charge on any atom is 0.456 e. The molecule has 0 saturated carbocycles. The van der Waals surface area contributed by atoms with Crippen molar-refractivity contribution < 1.29 is 9.85 Å². The molecule has 6 nitrogen and oxygen atoms in total. The Kier molecular flexibility index (Phi) is 5.04. The van der Waals surface area contributed by atoms with Crippen LogP contribution in [-0.2, 0) is 0 Å². The van der Waals surface area contributed by atoms with Crippen molar-refractivity contribution >= 4 is 0 Å². The highest BCUT2D eigenvalue weighted by atomic mass is 16.7. The Morgan fingerprint density at radius 2 is 1.79 bits per heavy atom. The predicted octanol–water partition coefficient (Wildman–Crippen LogP) is 2.04. The molecule has 0 aromatic heterocycles. The number of unbranched alkanes of at least 4 members (excludes halogenated alkanes) is 3. The van der Waals surface area contributed by atoms with Gasteiger partial charge in [-0.3, -0.25) is 20.2 Å². The van der Waals surface area contributed by atoms with Crippen LogP contribution in [-0.4, -0.2) is 15.5 Å². The lowest BCUT2D eigenvalue weighted by atomic mass is 10.0. The van der Waals surface area contributed by atoms with Crippen LogP contribution in [0.3, 0.4) is 0 Å². The Balaban J connectivity index is 4.12. The Morgan fingerprint density at radius 3 is 2.14 bits per heavy atom. The third-order valence-corrected chi connectivity index (χ3v) is 2.08. The number of hydrogen-bond donors (Lipinski definition) is 0. The second kappa shape index (κ2) is 5.51. The maximum absolute atomic E-state index is 10.5. The lowest BCUT2D eigenvalue weighted by Crippen LogP contribution is -2.43. The first kappa shape index (κ1) is 12.8. The SMILES string of the molecule is CCCC[CH]CC(C)([N+](=O)[O-])[N+](=O)[O-]. The summed E-state index contributed by atoms with van der Waals surface area (Å²) in [6.07, 6.45) is 4.07. The molecule has 0 atom stereocenters.